The van der Waals surface area contributed by atoms with Gasteiger partial charge in [0.05, 0.1) is 17.0 Å². The summed E-state index contributed by atoms with van der Waals surface area (Å²) in [6.07, 6.45) is 6.39. The number of rotatable bonds is 5. The molecule has 1 aromatic heterocycles. The van der Waals surface area contributed by atoms with Crippen LogP contribution in [0, 0.1) is 11.8 Å². The van der Waals surface area contributed by atoms with Gasteiger partial charge in [0.15, 0.2) is 9.84 Å². The van der Waals surface area contributed by atoms with Crippen LogP contribution < -0.4 is 0 Å². The molecule has 7 heteroatoms. The van der Waals surface area contributed by atoms with Gasteiger partial charge < -0.3 is 9.67 Å². The topological polar surface area (TPSA) is 75.4 Å². The second-order valence-electron chi connectivity index (χ2n) is 9.26. The van der Waals surface area contributed by atoms with E-state index in [2.05, 4.69) is 26.6 Å². The Morgan fingerprint density at radius 3 is 2.38 bits per heavy atom. The van der Waals surface area contributed by atoms with E-state index in [9.17, 15) is 13.5 Å². The van der Waals surface area contributed by atoms with E-state index < -0.39 is 9.84 Å². The molecule has 0 spiro atoms. The summed E-state index contributed by atoms with van der Waals surface area (Å²) >= 11 is 0. The van der Waals surface area contributed by atoms with Crippen LogP contribution in [0.2, 0.25) is 0 Å². The molecule has 1 saturated heterocycles. The normalized spacial score (nSPS) is 26.2. The zero-order valence-electron chi connectivity index (χ0n) is 18.2. The zero-order chi connectivity index (χ0) is 22.3. The minimum atomic E-state index is -3.17. The predicted octanol–water partition coefficient (Wildman–Crippen LogP) is 3.40. The molecular formula is C25H29N3O3S. The van der Waals surface area contributed by atoms with E-state index in [1.165, 1.54) is 6.26 Å². The SMILES string of the molecule is CS(=O)(=O)c1ccc(CN2C[C@H]3C[C@H](O)[C@@H](n4ccnc4-c4ccccc4)C[C@H]3C2)cc1. The minimum absolute atomic E-state index is 0.0305. The number of hydrogen-bond donors (Lipinski definition) is 1. The molecule has 2 aromatic carbocycles. The van der Waals surface area contributed by atoms with Gasteiger partial charge in [0.2, 0.25) is 0 Å². The van der Waals surface area contributed by atoms with Crippen LogP contribution in [0.3, 0.4) is 0 Å². The fraction of sp³-hybridized carbons (Fsp3) is 0.400. The lowest BCUT2D eigenvalue weighted by atomic mass is 9.77. The van der Waals surface area contributed by atoms with Gasteiger partial charge in [-0.2, -0.15) is 0 Å². The van der Waals surface area contributed by atoms with E-state index in [-0.39, 0.29) is 12.1 Å². The highest BCUT2D eigenvalue weighted by molar-refractivity contribution is 7.90. The fourth-order valence-electron chi connectivity index (χ4n) is 5.42. The van der Waals surface area contributed by atoms with E-state index in [0.717, 1.165) is 49.4 Å². The fourth-order valence-corrected chi connectivity index (χ4v) is 6.05. The largest absolute Gasteiger partial charge is 0.391 e. The molecular weight excluding hydrogens is 422 g/mol. The first-order valence-electron chi connectivity index (χ1n) is 11.2. The van der Waals surface area contributed by atoms with Gasteiger partial charge in [-0.3, -0.25) is 4.90 Å². The number of benzene rings is 2. The van der Waals surface area contributed by atoms with Gasteiger partial charge in [0.1, 0.15) is 5.82 Å². The Morgan fingerprint density at radius 2 is 1.69 bits per heavy atom. The zero-order valence-corrected chi connectivity index (χ0v) is 19.0. The third kappa shape index (κ3) is 4.25. The molecule has 168 valence electrons. The number of sulfone groups is 1. The van der Waals surface area contributed by atoms with Gasteiger partial charge in [-0.05, 0) is 42.4 Å². The number of likely N-dealkylation sites (tertiary alicyclic amines) is 1. The maximum absolute atomic E-state index is 11.7. The quantitative estimate of drug-likeness (QED) is 0.644. The van der Waals surface area contributed by atoms with Crippen molar-refractivity contribution >= 4 is 9.84 Å². The molecule has 1 saturated carbocycles. The molecule has 1 N–H and O–H groups in total. The monoisotopic (exact) mass is 451 g/mol. The van der Waals surface area contributed by atoms with Crippen LogP contribution in [0.25, 0.3) is 11.4 Å². The van der Waals surface area contributed by atoms with Crippen LogP contribution >= 0.6 is 0 Å². The van der Waals surface area contributed by atoms with Gasteiger partial charge >= 0.3 is 0 Å². The second-order valence-corrected chi connectivity index (χ2v) is 11.3. The van der Waals surface area contributed by atoms with Gasteiger partial charge in [-0.1, -0.05) is 42.5 Å². The number of aromatic nitrogens is 2. The van der Waals surface area contributed by atoms with Crippen LogP contribution in [0.1, 0.15) is 24.4 Å². The summed E-state index contributed by atoms with van der Waals surface area (Å²) in [6.45, 7) is 2.77. The average Bonchev–Trinajstić information content (AvgIpc) is 3.40. The minimum Gasteiger partial charge on any atom is -0.391 e. The lowest BCUT2D eigenvalue weighted by molar-refractivity contribution is 0.0365. The van der Waals surface area contributed by atoms with Crippen molar-refractivity contribution in [2.45, 2.75) is 36.4 Å². The van der Waals surface area contributed by atoms with Crippen LogP contribution in [0.5, 0.6) is 0 Å². The van der Waals surface area contributed by atoms with Gasteiger partial charge in [0, 0.05) is 43.8 Å². The lowest BCUT2D eigenvalue weighted by Gasteiger charge is -2.36. The molecule has 0 radical (unpaired) electrons. The van der Waals surface area contributed by atoms with Crippen molar-refractivity contribution in [1.82, 2.24) is 14.5 Å². The van der Waals surface area contributed by atoms with Crippen LogP contribution in [0.15, 0.2) is 71.9 Å². The number of aliphatic hydroxyl groups is 1. The highest BCUT2D eigenvalue weighted by Crippen LogP contribution is 2.42. The molecule has 0 unspecified atom stereocenters. The molecule has 0 bridgehead atoms. The van der Waals surface area contributed by atoms with E-state index in [4.69, 9.17) is 0 Å². The molecule has 6 nitrogen and oxygen atoms in total. The molecule has 4 atom stereocenters. The second kappa shape index (κ2) is 8.46. The van der Waals surface area contributed by atoms with Crippen molar-refractivity contribution in [2.75, 3.05) is 19.3 Å². The molecule has 2 fully saturated rings. The molecule has 3 aromatic rings. The number of imidazole rings is 1. The third-order valence-corrected chi connectivity index (χ3v) is 8.13. The van der Waals surface area contributed by atoms with Crippen molar-refractivity contribution in [2.24, 2.45) is 11.8 Å². The van der Waals surface area contributed by atoms with Crippen LogP contribution in [-0.2, 0) is 16.4 Å². The van der Waals surface area contributed by atoms with Gasteiger partial charge in [0.25, 0.3) is 0 Å². The van der Waals surface area contributed by atoms with E-state index >= 15 is 0 Å². The first-order valence-corrected chi connectivity index (χ1v) is 13.1. The Morgan fingerprint density at radius 1 is 1.00 bits per heavy atom. The highest BCUT2D eigenvalue weighted by atomic mass is 32.2. The summed E-state index contributed by atoms with van der Waals surface area (Å²) in [7, 11) is -3.17. The molecule has 1 aliphatic heterocycles. The predicted molar refractivity (Wildman–Crippen MR) is 124 cm³/mol. The summed E-state index contributed by atoms with van der Waals surface area (Å²) in [5, 5.41) is 11.0. The maximum atomic E-state index is 11.7. The first kappa shape index (κ1) is 21.4. The number of hydrogen-bond acceptors (Lipinski definition) is 5. The average molecular weight is 452 g/mol. The summed E-state index contributed by atoms with van der Waals surface area (Å²) in [6, 6.07) is 17.4. The van der Waals surface area contributed by atoms with E-state index in [0.29, 0.717) is 16.7 Å². The smallest absolute Gasteiger partial charge is 0.175 e. The van der Waals surface area contributed by atoms with Crippen molar-refractivity contribution < 1.29 is 13.5 Å². The van der Waals surface area contributed by atoms with Crippen molar-refractivity contribution in [1.29, 1.82) is 0 Å². The number of nitrogens with zero attached hydrogens (tertiary/aromatic N) is 3. The molecule has 5 rings (SSSR count). The highest BCUT2D eigenvalue weighted by Gasteiger charge is 2.42. The molecule has 2 aliphatic rings. The molecule has 1 aliphatic carbocycles. The Labute approximate surface area is 189 Å². The summed E-state index contributed by atoms with van der Waals surface area (Å²) in [5.41, 5.74) is 2.19. The number of fused-ring (bicyclic) bond motifs is 1. The standard InChI is InChI=1S/C25H29N3O3S/c1-32(30,31)22-9-7-18(8-10-22)15-27-16-20-13-23(24(29)14-21(20)17-27)28-12-11-26-25(28)19-5-3-2-4-6-19/h2-12,20-21,23-24,29H,13-17H2,1H3/t20-,21+,23-,24-/m0/s1. The summed E-state index contributed by atoms with van der Waals surface area (Å²) in [5.74, 6) is 1.93. The molecule has 32 heavy (non-hydrogen) atoms. The Kier molecular flexibility index (Phi) is 5.65. The van der Waals surface area contributed by atoms with Crippen LogP contribution in [-0.4, -0.2) is 53.4 Å². The van der Waals surface area contributed by atoms with Crippen molar-refractivity contribution in [3.63, 3.8) is 0 Å². The first-order chi connectivity index (χ1) is 15.4. The van der Waals surface area contributed by atoms with E-state index in [1.807, 2.05) is 42.7 Å². The Hall–Kier alpha value is -2.48. The molecule has 0 amide bonds. The van der Waals surface area contributed by atoms with Gasteiger partial charge in [-0.25, -0.2) is 13.4 Å². The van der Waals surface area contributed by atoms with Crippen molar-refractivity contribution in [3.05, 3.63) is 72.6 Å². The summed E-state index contributed by atoms with van der Waals surface area (Å²) in [4.78, 5) is 7.37. The van der Waals surface area contributed by atoms with Crippen LogP contribution in [0.4, 0.5) is 0 Å². The van der Waals surface area contributed by atoms with E-state index in [1.54, 1.807) is 12.1 Å². The Balaban J connectivity index is 1.28. The third-order valence-electron chi connectivity index (χ3n) is 7.00. The maximum Gasteiger partial charge on any atom is 0.175 e. The lowest BCUT2D eigenvalue weighted by Crippen LogP contribution is -2.36. The molecule has 2 heterocycles. The van der Waals surface area contributed by atoms with Gasteiger partial charge in [-0.15, -0.1) is 0 Å². The summed E-state index contributed by atoms with van der Waals surface area (Å²) < 4.78 is 25.5. The number of aliphatic hydroxyl groups excluding tert-OH is 1. The Bertz CT molecular complexity index is 1170. The van der Waals surface area contributed by atoms with Crippen molar-refractivity contribution in [3.8, 4) is 11.4 Å².